The third-order valence-electron chi connectivity index (χ3n) is 7.27. The number of benzene rings is 1. The number of rotatable bonds is 7. The molecule has 2 aliphatic carbocycles. The number of hydrogen-bond acceptors (Lipinski definition) is 0. The van der Waals surface area contributed by atoms with Crippen LogP contribution >= 0.6 is 0 Å². The van der Waals surface area contributed by atoms with Crippen LogP contribution in [0, 0.1) is 35.2 Å². The van der Waals surface area contributed by atoms with E-state index in [2.05, 4.69) is 6.92 Å². The Bertz CT molecular complexity index is 558. The summed E-state index contributed by atoms with van der Waals surface area (Å²) in [6.07, 6.45) is 16.7. The van der Waals surface area contributed by atoms with Crippen molar-refractivity contribution in [2.75, 3.05) is 0 Å². The fourth-order valence-corrected chi connectivity index (χ4v) is 5.54. The fourth-order valence-electron chi connectivity index (χ4n) is 5.54. The van der Waals surface area contributed by atoms with Crippen molar-refractivity contribution in [1.82, 2.24) is 0 Å². The van der Waals surface area contributed by atoms with Crippen molar-refractivity contribution >= 4 is 0 Å². The molecule has 3 heteroatoms. The van der Waals surface area contributed by atoms with Gasteiger partial charge in [0.2, 0.25) is 0 Å². The molecule has 0 N–H and O–H groups in total. The molecule has 0 atom stereocenters. The van der Waals surface area contributed by atoms with Gasteiger partial charge in [-0.3, -0.25) is 0 Å². The van der Waals surface area contributed by atoms with Crippen molar-refractivity contribution in [3.8, 4) is 0 Å². The lowest BCUT2D eigenvalue weighted by molar-refractivity contribution is 0.155. The highest BCUT2D eigenvalue weighted by Gasteiger charge is 2.31. The minimum Gasteiger partial charge on any atom is -0.204 e. The van der Waals surface area contributed by atoms with E-state index >= 15 is 0 Å². The molecule has 27 heavy (non-hydrogen) atoms. The van der Waals surface area contributed by atoms with Crippen LogP contribution < -0.4 is 0 Å². The van der Waals surface area contributed by atoms with Crippen molar-refractivity contribution < 1.29 is 13.2 Å². The highest BCUT2D eigenvalue weighted by Crippen LogP contribution is 2.44. The van der Waals surface area contributed by atoms with Crippen molar-refractivity contribution in [2.24, 2.45) is 17.8 Å². The smallest absolute Gasteiger partial charge is 0.194 e. The Morgan fingerprint density at radius 3 is 1.85 bits per heavy atom. The summed E-state index contributed by atoms with van der Waals surface area (Å²) in [5, 5.41) is 0. The fraction of sp³-hybridized carbons (Fsp3) is 0.750. The second-order valence-electron chi connectivity index (χ2n) is 9.04. The maximum atomic E-state index is 13.5. The van der Waals surface area contributed by atoms with Crippen LogP contribution in [0.4, 0.5) is 13.2 Å². The normalized spacial score (nSPS) is 29.0. The van der Waals surface area contributed by atoms with Crippen molar-refractivity contribution in [3.63, 3.8) is 0 Å². The van der Waals surface area contributed by atoms with Gasteiger partial charge in [-0.25, -0.2) is 13.2 Å². The molecule has 152 valence electrons. The summed E-state index contributed by atoms with van der Waals surface area (Å²) in [6, 6.07) is 2.40. The quantitative estimate of drug-likeness (QED) is 0.331. The van der Waals surface area contributed by atoms with Crippen LogP contribution in [0.1, 0.15) is 102 Å². The Kier molecular flexibility index (Phi) is 7.66. The highest BCUT2D eigenvalue weighted by atomic mass is 19.2. The summed E-state index contributed by atoms with van der Waals surface area (Å²) in [4.78, 5) is 0. The molecule has 0 spiro atoms. The molecule has 1 aromatic carbocycles. The first-order chi connectivity index (χ1) is 13.1. The zero-order valence-electron chi connectivity index (χ0n) is 16.8. The van der Waals surface area contributed by atoms with Gasteiger partial charge in [-0.2, -0.15) is 0 Å². The lowest BCUT2D eigenvalue weighted by Gasteiger charge is -2.38. The monoisotopic (exact) mass is 380 g/mol. The summed E-state index contributed by atoms with van der Waals surface area (Å²) >= 11 is 0. The first-order valence-electron chi connectivity index (χ1n) is 11.2. The van der Waals surface area contributed by atoms with Gasteiger partial charge < -0.3 is 0 Å². The van der Waals surface area contributed by atoms with Crippen molar-refractivity contribution in [1.29, 1.82) is 0 Å². The minimum atomic E-state index is -1.35. The van der Waals surface area contributed by atoms with E-state index in [-0.39, 0.29) is 5.92 Å². The van der Waals surface area contributed by atoms with E-state index in [0.717, 1.165) is 43.4 Å². The van der Waals surface area contributed by atoms with Crippen LogP contribution in [0.3, 0.4) is 0 Å². The molecule has 0 radical (unpaired) electrons. The second kappa shape index (κ2) is 9.98. The molecule has 0 nitrogen and oxygen atoms in total. The van der Waals surface area contributed by atoms with E-state index in [1.807, 2.05) is 0 Å². The Balaban J connectivity index is 1.42. The zero-order valence-corrected chi connectivity index (χ0v) is 16.8. The summed E-state index contributed by atoms with van der Waals surface area (Å²) in [5.74, 6) is -0.704. The van der Waals surface area contributed by atoms with Gasteiger partial charge in [0, 0.05) is 0 Å². The Morgan fingerprint density at radius 1 is 0.741 bits per heavy atom. The molecule has 0 heterocycles. The molecule has 1 aromatic rings. The summed E-state index contributed by atoms with van der Waals surface area (Å²) < 4.78 is 40.2. The van der Waals surface area contributed by atoms with Crippen LogP contribution in [0.15, 0.2) is 12.1 Å². The van der Waals surface area contributed by atoms with Gasteiger partial charge in [0.1, 0.15) is 0 Å². The second-order valence-corrected chi connectivity index (χ2v) is 9.04. The summed E-state index contributed by atoms with van der Waals surface area (Å²) in [5.41, 5.74) is 0.639. The number of halogens is 3. The van der Waals surface area contributed by atoms with Crippen LogP contribution in [-0.4, -0.2) is 0 Å². The first kappa shape index (κ1) is 20.7. The average Bonchev–Trinajstić information content (AvgIpc) is 2.70. The Hall–Kier alpha value is -0.990. The third kappa shape index (κ3) is 5.51. The van der Waals surface area contributed by atoms with Gasteiger partial charge in [-0.1, -0.05) is 51.9 Å². The molecule has 0 aliphatic heterocycles. The van der Waals surface area contributed by atoms with Gasteiger partial charge in [0.25, 0.3) is 0 Å². The SMILES string of the molecule is CCCCCC[C@H]1CC[C@H](C2CCC(c3cc(F)c(F)c(F)c3)CC2)CC1. The van der Waals surface area contributed by atoms with Gasteiger partial charge in [-0.05, 0) is 79.9 Å². The predicted molar refractivity (Wildman–Crippen MR) is 105 cm³/mol. The zero-order chi connectivity index (χ0) is 19.2. The molecule has 0 bridgehead atoms. The first-order valence-corrected chi connectivity index (χ1v) is 11.2. The van der Waals surface area contributed by atoms with Crippen LogP contribution in [0.25, 0.3) is 0 Å². The molecular weight excluding hydrogens is 345 g/mol. The summed E-state index contributed by atoms with van der Waals surface area (Å²) in [6.45, 7) is 2.27. The maximum Gasteiger partial charge on any atom is 0.194 e. The Labute approximate surface area is 162 Å². The van der Waals surface area contributed by atoms with Crippen LogP contribution in [0.5, 0.6) is 0 Å². The molecule has 3 rings (SSSR count). The molecule has 2 aliphatic rings. The van der Waals surface area contributed by atoms with E-state index in [1.165, 1.54) is 69.9 Å². The minimum absolute atomic E-state index is 0.181. The van der Waals surface area contributed by atoms with E-state index in [0.29, 0.717) is 5.56 Å². The Morgan fingerprint density at radius 2 is 1.30 bits per heavy atom. The molecule has 2 fully saturated rings. The topological polar surface area (TPSA) is 0 Å². The number of unbranched alkanes of at least 4 members (excludes halogenated alkanes) is 3. The molecule has 0 saturated heterocycles. The average molecular weight is 381 g/mol. The maximum absolute atomic E-state index is 13.5. The van der Waals surface area contributed by atoms with Crippen molar-refractivity contribution in [2.45, 2.75) is 96.3 Å². The lowest BCUT2D eigenvalue weighted by atomic mass is 9.68. The van der Waals surface area contributed by atoms with E-state index in [1.54, 1.807) is 0 Å². The molecule has 2 saturated carbocycles. The van der Waals surface area contributed by atoms with E-state index in [9.17, 15) is 13.2 Å². The van der Waals surface area contributed by atoms with E-state index in [4.69, 9.17) is 0 Å². The largest absolute Gasteiger partial charge is 0.204 e. The van der Waals surface area contributed by atoms with E-state index < -0.39 is 17.5 Å². The molecular formula is C24H35F3. The highest BCUT2D eigenvalue weighted by molar-refractivity contribution is 5.23. The third-order valence-corrected chi connectivity index (χ3v) is 7.27. The van der Waals surface area contributed by atoms with Crippen LogP contribution in [-0.2, 0) is 0 Å². The predicted octanol–water partition coefficient (Wildman–Crippen LogP) is 8.15. The van der Waals surface area contributed by atoms with Crippen molar-refractivity contribution in [3.05, 3.63) is 35.1 Å². The van der Waals surface area contributed by atoms with Gasteiger partial charge in [0.05, 0.1) is 0 Å². The lowest BCUT2D eigenvalue weighted by Crippen LogP contribution is -2.25. The van der Waals surface area contributed by atoms with Crippen LogP contribution in [0.2, 0.25) is 0 Å². The molecule has 0 amide bonds. The summed E-state index contributed by atoms with van der Waals surface area (Å²) in [7, 11) is 0. The van der Waals surface area contributed by atoms with Gasteiger partial charge in [0.15, 0.2) is 17.5 Å². The van der Waals surface area contributed by atoms with Gasteiger partial charge >= 0.3 is 0 Å². The standard InChI is InChI=1S/C24H35F3/c1-2-3-4-5-6-17-7-9-18(10-8-17)19-11-13-20(14-12-19)21-15-22(25)24(27)23(26)16-21/h15-20H,2-14H2,1H3/t17-,18-,19?,20?. The van der Waals surface area contributed by atoms with Gasteiger partial charge in [-0.15, -0.1) is 0 Å². The molecule has 0 aromatic heterocycles. The molecule has 0 unspecified atom stereocenters. The number of hydrogen-bond donors (Lipinski definition) is 0.